The van der Waals surface area contributed by atoms with Crippen LogP contribution in [-0.4, -0.2) is 12.1 Å². The van der Waals surface area contributed by atoms with Crippen molar-refractivity contribution in [1.82, 2.24) is 0 Å². The van der Waals surface area contributed by atoms with Gasteiger partial charge in [0.1, 0.15) is 0 Å². The molecule has 0 spiro atoms. The molecule has 0 radical (unpaired) electrons. The molecule has 2 atom stereocenters. The number of terminal acetylenes is 1. The molecule has 2 rings (SSSR count). The summed E-state index contributed by atoms with van der Waals surface area (Å²) in [5.74, 6) is 2.62. The monoisotopic (exact) mass is 215 g/mol. The lowest BCUT2D eigenvalue weighted by atomic mass is 10.1. The summed E-state index contributed by atoms with van der Waals surface area (Å²) in [6.07, 6.45) is 8.90. The highest BCUT2D eigenvalue weighted by atomic mass is 16.5. The van der Waals surface area contributed by atoms with E-state index in [9.17, 15) is 0 Å². The largest absolute Gasteiger partial charge is 0.372 e. The lowest BCUT2D eigenvalue weighted by Crippen LogP contribution is -2.31. The van der Waals surface area contributed by atoms with Crippen LogP contribution in [0.5, 0.6) is 0 Å². The number of hydrogen-bond acceptors (Lipinski definition) is 2. The molecule has 84 valence electrons. The van der Waals surface area contributed by atoms with E-state index < -0.39 is 0 Å². The van der Waals surface area contributed by atoms with Crippen molar-refractivity contribution in [2.75, 3.05) is 0 Å². The number of rotatable bonds is 3. The summed E-state index contributed by atoms with van der Waals surface area (Å²) in [4.78, 5) is 0. The third-order valence-electron chi connectivity index (χ3n) is 3.06. The van der Waals surface area contributed by atoms with Gasteiger partial charge in [-0.15, -0.1) is 6.42 Å². The number of benzene rings is 1. The van der Waals surface area contributed by atoms with Gasteiger partial charge in [-0.1, -0.05) is 18.1 Å². The van der Waals surface area contributed by atoms with E-state index in [1.807, 2.05) is 24.3 Å². The smallest absolute Gasteiger partial charge is 0.0730 e. The topological polar surface area (TPSA) is 35.2 Å². The van der Waals surface area contributed by atoms with Crippen LogP contribution in [-0.2, 0) is 11.3 Å². The van der Waals surface area contributed by atoms with Gasteiger partial charge in [0.25, 0.3) is 0 Å². The van der Waals surface area contributed by atoms with Crippen molar-refractivity contribution in [3.63, 3.8) is 0 Å². The minimum absolute atomic E-state index is 0.204. The molecule has 0 saturated heterocycles. The third kappa shape index (κ3) is 2.63. The van der Waals surface area contributed by atoms with Crippen molar-refractivity contribution in [3.05, 3.63) is 35.4 Å². The van der Waals surface area contributed by atoms with Crippen molar-refractivity contribution in [2.24, 2.45) is 5.73 Å². The molecular weight excluding hydrogens is 198 g/mol. The van der Waals surface area contributed by atoms with E-state index in [0.29, 0.717) is 6.61 Å². The fourth-order valence-corrected chi connectivity index (χ4v) is 2.12. The van der Waals surface area contributed by atoms with E-state index in [4.69, 9.17) is 16.9 Å². The van der Waals surface area contributed by atoms with Crippen molar-refractivity contribution in [2.45, 2.75) is 38.0 Å². The van der Waals surface area contributed by atoms with Crippen molar-refractivity contribution >= 4 is 0 Å². The summed E-state index contributed by atoms with van der Waals surface area (Å²) in [5.41, 5.74) is 7.96. The second kappa shape index (κ2) is 5.16. The Labute approximate surface area is 96.8 Å². The summed E-state index contributed by atoms with van der Waals surface area (Å²) >= 11 is 0. The second-order valence-electron chi connectivity index (χ2n) is 4.29. The lowest BCUT2D eigenvalue weighted by Gasteiger charge is -2.16. The first-order valence-electron chi connectivity index (χ1n) is 5.72. The van der Waals surface area contributed by atoms with Crippen LogP contribution in [0.1, 0.15) is 30.4 Å². The van der Waals surface area contributed by atoms with Gasteiger partial charge in [0.2, 0.25) is 0 Å². The average Bonchev–Trinajstić information content (AvgIpc) is 2.72. The van der Waals surface area contributed by atoms with Gasteiger partial charge in [0.05, 0.1) is 12.7 Å². The van der Waals surface area contributed by atoms with Gasteiger partial charge in [0, 0.05) is 11.6 Å². The van der Waals surface area contributed by atoms with Gasteiger partial charge >= 0.3 is 0 Å². The molecule has 0 aliphatic heterocycles. The first-order valence-corrected chi connectivity index (χ1v) is 5.72. The maximum atomic E-state index is 5.94. The van der Waals surface area contributed by atoms with Crippen LogP contribution in [0.3, 0.4) is 0 Å². The highest BCUT2D eigenvalue weighted by Gasteiger charge is 2.24. The predicted molar refractivity (Wildman–Crippen MR) is 64.8 cm³/mol. The van der Waals surface area contributed by atoms with E-state index in [0.717, 1.165) is 24.0 Å². The summed E-state index contributed by atoms with van der Waals surface area (Å²) in [7, 11) is 0. The molecule has 1 fully saturated rings. The number of hydrogen-bond donors (Lipinski definition) is 1. The van der Waals surface area contributed by atoms with Crippen LogP contribution in [0.15, 0.2) is 24.3 Å². The van der Waals surface area contributed by atoms with E-state index in [-0.39, 0.29) is 12.1 Å². The molecule has 2 nitrogen and oxygen atoms in total. The van der Waals surface area contributed by atoms with Crippen molar-refractivity contribution in [1.29, 1.82) is 0 Å². The van der Waals surface area contributed by atoms with Gasteiger partial charge in [-0.3, -0.25) is 0 Å². The molecule has 0 bridgehead atoms. The highest BCUT2D eigenvalue weighted by molar-refractivity contribution is 5.34. The first kappa shape index (κ1) is 11.2. The third-order valence-corrected chi connectivity index (χ3v) is 3.06. The lowest BCUT2D eigenvalue weighted by molar-refractivity contribution is 0.0357. The van der Waals surface area contributed by atoms with Crippen LogP contribution in [0.4, 0.5) is 0 Å². The van der Waals surface area contributed by atoms with Crippen molar-refractivity contribution in [3.8, 4) is 12.3 Å². The van der Waals surface area contributed by atoms with E-state index in [1.165, 1.54) is 6.42 Å². The molecule has 2 heteroatoms. The average molecular weight is 215 g/mol. The molecular formula is C14H17NO. The first-order chi connectivity index (χ1) is 7.79. The van der Waals surface area contributed by atoms with Crippen LogP contribution in [0, 0.1) is 12.3 Å². The summed E-state index contributed by atoms with van der Waals surface area (Å²) in [5, 5.41) is 0. The molecule has 2 N–H and O–H groups in total. The SMILES string of the molecule is C#Cc1cccc(CO[C@H]2CCC[C@@H]2N)c1. The summed E-state index contributed by atoms with van der Waals surface area (Å²) in [6.45, 7) is 0.605. The van der Waals surface area contributed by atoms with Crippen LogP contribution in [0.2, 0.25) is 0 Å². The Hall–Kier alpha value is -1.30. The van der Waals surface area contributed by atoms with Gasteiger partial charge in [-0.2, -0.15) is 0 Å². The Kier molecular flexibility index (Phi) is 3.61. The molecule has 1 aliphatic rings. The molecule has 1 aliphatic carbocycles. The molecule has 0 unspecified atom stereocenters. The normalized spacial score (nSPS) is 24.2. The maximum absolute atomic E-state index is 5.94. The molecule has 16 heavy (non-hydrogen) atoms. The number of ether oxygens (including phenoxy) is 1. The second-order valence-corrected chi connectivity index (χ2v) is 4.29. The molecule has 1 aromatic carbocycles. The Bertz CT molecular complexity index is 394. The fourth-order valence-electron chi connectivity index (χ4n) is 2.12. The van der Waals surface area contributed by atoms with Crippen LogP contribution < -0.4 is 5.73 Å². The quantitative estimate of drug-likeness (QED) is 0.783. The fraction of sp³-hybridized carbons (Fsp3) is 0.429. The Morgan fingerprint density at radius 3 is 3.00 bits per heavy atom. The summed E-state index contributed by atoms with van der Waals surface area (Å²) in [6, 6.07) is 8.10. The zero-order valence-electron chi connectivity index (χ0n) is 9.36. The molecule has 0 amide bonds. The maximum Gasteiger partial charge on any atom is 0.0730 e. The minimum atomic E-state index is 0.204. The van der Waals surface area contributed by atoms with Gasteiger partial charge in [-0.25, -0.2) is 0 Å². The van der Waals surface area contributed by atoms with E-state index in [2.05, 4.69) is 5.92 Å². The zero-order chi connectivity index (χ0) is 11.4. The Morgan fingerprint density at radius 1 is 1.44 bits per heavy atom. The highest BCUT2D eigenvalue weighted by Crippen LogP contribution is 2.21. The van der Waals surface area contributed by atoms with Gasteiger partial charge < -0.3 is 10.5 Å². The summed E-state index contributed by atoms with van der Waals surface area (Å²) < 4.78 is 5.81. The number of nitrogens with two attached hydrogens (primary N) is 1. The van der Waals surface area contributed by atoms with Gasteiger partial charge in [-0.05, 0) is 37.0 Å². The minimum Gasteiger partial charge on any atom is -0.372 e. The van der Waals surface area contributed by atoms with Crippen LogP contribution >= 0.6 is 0 Å². The Morgan fingerprint density at radius 2 is 2.31 bits per heavy atom. The van der Waals surface area contributed by atoms with E-state index in [1.54, 1.807) is 0 Å². The van der Waals surface area contributed by atoms with Crippen molar-refractivity contribution < 1.29 is 4.74 Å². The molecule has 1 saturated carbocycles. The zero-order valence-corrected chi connectivity index (χ0v) is 9.36. The van der Waals surface area contributed by atoms with Crippen LogP contribution in [0.25, 0.3) is 0 Å². The predicted octanol–water partition coefficient (Wildman–Crippen LogP) is 2.06. The molecule has 1 aromatic rings. The van der Waals surface area contributed by atoms with Gasteiger partial charge in [0.15, 0.2) is 0 Å². The molecule has 0 aromatic heterocycles. The Balaban J connectivity index is 1.92. The standard InChI is InChI=1S/C14H17NO/c1-2-11-5-3-6-12(9-11)10-16-14-8-4-7-13(14)15/h1,3,5-6,9,13-14H,4,7-8,10,15H2/t13-,14-/m0/s1. The molecule has 0 heterocycles. The van der Waals surface area contributed by atoms with E-state index >= 15 is 0 Å².